The van der Waals surface area contributed by atoms with Gasteiger partial charge in [0.1, 0.15) is 35.6 Å². The van der Waals surface area contributed by atoms with E-state index in [1.807, 2.05) is 12.1 Å². The maximum absolute atomic E-state index is 14.4. The maximum atomic E-state index is 14.4. The molecule has 2 aliphatic heterocycles. The van der Waals surface area contributed by atoms with Crippen LogP contribution in [-0.2, 0) is 33.5 Å². The van der Waals surface area contributed by atoms with Crippen LogP contribution in [0.5, 0.6) is 0 Å². The number of pyridine rings is 1. The highest BCUT2D eigenvalue weighted by Crippen LogP contribution is 2.59. The number of piperidine rings is 1. The predicted octanol–water partition coefficient (Wildman–Crippen LogP) is 5.18. The summed E-state index contributed by atoms with van der Waals surface area (Å²) in [5, 5.41) is 10.5. The number of ether oxygens (including phenoxy) is 1. The number of Topliss-reactive ketones (excluding diaryl/α,β-unsaturated/α-hetero) is 1. The summed E-state index contributed by atoms with van der Waals surface area (Å²) in [7, 11) is 0. The number of hydrogen-bond acceptors (Lipinski definition) is 9. The second-order valence-corrected chi connectivity index (χ2v) is 13.9. The molecule has 3 amide bonds. The van der Waals surface area contributed by atoms with E-state index in [0.717, 1.165) is 29.2 Å². The lowest BCUT2D eigenvalue weighted by Gasteiger charge is -2.27. The lowest BCUT2D eigenvalue weighted by molar-refractivity contribution is -0.141. The minimum Gasteiger partial charge on any atom is -0.450 e. The van der Waals surface area contributed by atoms with Gasteiger partial charge in [-0.1, -0.05) is 6.07 Å². The van der Waals surface area contributed by atoms with Crippen LogP contribution in [0.4, 0.5) is 23.8 Å². The number of carbonyl (C=O) groups is 4. The van der Waals surface area contributed by atoms with Gasteiger partial charge in [-0.3, -0.25) is 19.1 Å². The van der Waals surface area contributed by atoms with E-state index >= 15 is 0 Å². The molecule has 3 aromatic heterocycles. The van der Waals surface area contributed by atoms with Gasteiger partial charge in [-0.05, 0) is 87.3 Å². The summed E-state index contributed by atoms with van der Waals surface area (Å²) in [4.78, 5) is 67.6. The Morgan fingerprint density at radius 2 is 1.81 bits per heavy atom. The van der Waals surface area contributed by atoms with E-state index in [1.165, 1.54) is 29.5 Å². The molecule has 13 nitrogen and oxygen atoms in total. The smallest absolute Gasteiger partial charge is 0.433 e. The van der Waals surface area contributed by atoms with Gasteiger partial charge in [0.05, 0.1) is 12.1 Å². The van der Waals surface area contributed by atoms with E-state index in [4.69, 9.17) is 4.74 Å². The maximum Gasteiger partial charge on any atom is 0.433 e. The lowest BCUT2D eigenvalue weighted by atomic mass is 9.97. The molecule has 1 aromatic carbocycles. The van der Waals surface area contributed by atoms with Crippen molar-refractivity contribution >= 4 is 40.4 Å². The van der Waals surface area contributed by atoms with E-state index in [-0.39, 0.29) is 43.4 Å². The number of amides is 3. The van der Waals surface area contributed by atoms with E-state index in [2.05, 4.69) is 30.7 Å². The number of anilines is 1. The zero-order chi connectivity index (χ0) is 36.9. The van der Waals surface area contributed by atoms with Crippen LogP contribution >= 0.6 is 0 Å². The summed E-state index contributed by atoms with van der Waals surface area (Å²) in [5.41, 5.74) is 1.66. The number of nitrogens with zero attached hydrogens (tertiary/aromatic N) is 6. The van der Waals surface area contributed by atoms with Crippen molar-refractivity contribution in [1.82, 2.24) is 34.9 Å². The Morgan fingerprint density at radius 3 is 2.54 bits per heavy atom. The summed E-state index contributed by atoms with van der Waals surface area (Å²) in [6, 6.07) is 4.34. The van der Waals surface area contributed by atoms with Crippen molar-refractivity contribution < 1.29 is 37.1 Å². The second-order valence-electron chi connectivity index (χ2n) is 13.9. The molecule has 5 heterocycles. The molecule has 2 bridgehead atoms. The summed E-state index contributed by atoms with van der Waals surface area (Å²) in [6.07, 6.45) is 1.36. The Hall–Kier alpha value is -5.41. The van der Waals surface area contributed by atoms with E-state index in [9.17, 15) is 32.3 Å². The molecule has 0 unspecified atom stereocenters. The van der Waals surface area contributed by atoms with Gasteiger partial charge in [0, 0.05) is 48.3 Å². The summed E-state index contributed by atoms with van der Waals surface area (Å²) >= 11 is 0. The molecule has 272 valence electrons. The molecule has 52 heavy (non-hydrogen) atoms. The van der Waals surface area contributed by atoms with Crippen LogP contribution in [0.25, 0.3) is 22.0 Å². The number of rotatable bonds is 4. The van der Waals surface area contributed by atoms with Crippen LogP contribution in [-0.4, -0.2) is 78.6 Å². The van der Waals surface area contributed by atoms with E-state index < -0.39 is 47.3 Å². The number of aryl methyl sites for hydroxylation is 3. The molecule has 1 saturated carbocycles. The highest BCUT2D eigenvalue weighted by atomic mass is 19.4. The molecule has 7 rings (SSSR count). The Balaban J connectivity index is 1.28. The van der Waals surface area contributed by atoms with E-state index in [0.29, 0.717) is 48.0 Å². The standard InChI is InChI=1S/C36H37F3N8O5/c1-19-8-9-27(36(37,38)39)43-32(19)44-33(50)26-13-35-14-28(35)47(26)29(49)17-46-31-22(7-5-4-6-10-52-34(51)42-18-35)11-23(24-15-40-21(3)41-16-24)12-25(31)30(45-46)20(2)48/h8-9,11-12,15-16,26,28H,4-7,10,13-14,17-18H2,1-3H3,(H,42,51)(H,43,44,50)/t26-,28+,35-/m0/s1. The van der Waals surface area contributed by atoms with Crippen LogP contribution in [0.2, 0.25) is 0 Å². The third kappa shape index (κ3) is 6.68. The molecule has 0 radical (unpaired) electrons. The third-order valence-corrected chi connectivity index (χ3v) is 10.2. The number of cyclic esters (lactones) is 1. The first-order chi connectivity index (χ1) is 24.7. The first-order valence-corrected chi connectivity index (χ1v) is 17.1. The molecular formula is C36H37F3N8O5. The summed E-state index contributed by atoms with van der Waals surface area (Å²) in [5.74, 6) is -1.12. The third-order valence-electron chi connectivity index (χ3n) is 10.2. The van der Waals surface area contributed by atoms with Crippen molar-refractivity contribution in [1.29, 1.82) is 0 Å². The zero-order valence-electron chi connectivity index (χ0n) is 28.8. The number of benzene rings is 1. The SMILES string of the molecule is CC(=O)c1nn2c3c(cc(-c4cnc(C)nc4)cc13)CCCCCOC(=O)NC[C@@]13C[C@@H](C(=O)Nc4nc(C(F)(F)F)ccc4C)N(C(=O)C2)[C@@H]1C3. The fourth-order valence-electron chi connectivity index (χ4n) is 7.43. The van der Waals surface area contributed by atoms with Crippen molar-refractivity contribution in [2.45, 2.75) is 84.1 Å². The molecule has 1 saturated heterocycles. The van der Waals surface area contributed by atoms with Crippen molar-refractivity contribution in [2.24, 2.45) is 5.41 Å². The van der Waals surface area contributed by atoms with Crippen molar-refractivity contribution in [3.63, 3.8) is 0 Å². The van der Waals surface area contributed by atoms with Crippen LogP contribution in [0, 0.1) is 19.3 Å². The van der Waals surface area contributed by atoms with Crippen molar-refractivity contribution in [2.75, 3.05) is 18.5 Å². The fraction of sp³-hybridized carbons (Fsp3) is 0.444. The minimum absolute atomic E-state index is 0.139. The van der Waals surface area contributed by atoms with Gasteiger partial charge in [0.25, 0.3) is 0 Å². The van der Waals surface area contributed by atoms with E-state index in [1.54, 1.807) is 19.3 Å². The first-order valence-electron chi connectivity index (χ1n) is 17.1. The van der Waals surface area contributed by atoms with Gasteiger partial charge in [0.15, 0.2) is 5.78 Å². The normalized spacial score (nSPS) is 22.3. The highest BCUT2D eigenvalue weighted by molar-refractivity contribution is 6.07. The second kappa shape index (κ2) is 13.3. The Labute approximate surface area is 296 Å². The Kier molecular flexibility index (Phi) is 8.95. The van der Waals surface area contributed by atoms with Crippen LogP contribution < -0.4 is 10.6 Å². The van der Waals surface area contributed by atoms with Gasteiger partial charge < -0.3 is 20.3 Å². The molecule has 2 fully saturated rings. The van der Waals surface area contributed by atoms with Crippen LogP contribution in [0.3, 0.4) is 0 Å². The molecule has 3 atom stereocenters. The number of carbonyl (C=O) groups excluding carboxylic acids is 4. The minimum atomic E-state index is -4.73. The van der Waals surface area contributed by atoms with Gasteiger partial charge in [0.2, 0.25) is 11.8 Å². The van der Waals surface area contributed by atoms with Gasteiger partial charge in [-0.2, -0.15) is 18.3 Å². The van der Waals surface area contributed by atoms with Crippen LogP contribution in [0.1, 0.15) is 72.2 Å². The van der Waals surface area contributed by atoms with Crippen LogP contribution in [0.15, 0.2) is 36.7 Å². The largest absolute Gasteiger partial charge is 0.450 e. The molecule has 4 aromatic rings. The predicted molar refractivity (Wildman–Crippen MR) is 181 cm³/mol. The highest BCUT2D eigenvalue weighted by Gasteiger charge is 2.67. The summed E-state index contributed by atoms with van der Waals surface area (Å²) in [6.45, 7) is 4.74. The fourth-order valence-corrected chi connectivity index (χ4v) is 7.43. The lowest BCUT2D eigenvalue weighted by Crippen LogP contribution is -2.47. The number of hydrogen-bond donors (Lipinski definition) is 2. The average Bonchev–Trinajstić information content (AvgIpc) is 3.50. The summed E-state index contributed by atoms with van der Waals surface area (Å²) < 4.78 is 47.4. The van der Waals surface area contributed by atoms with Gasteiger partial charge >= 0.3 is 12.3 Å². The molecule has 0 spiro atoms. The first kappa shape index (κ1) is 35.0. The van der Waals surface area contributed by atoms with Gasteiger partial charge in [-0.15, -0.1) is 0 Å². The topological polar surface area (TPSA) is 161 Å². The Bertz CT molecular complexity index is 2100. The monoisotopic (exact) mass is 718 g/mol. The molecule has 16 heteroatoms. The molecule has 2 N–H and O–H groups in total. The number of alkyl halides is 3. The number of aromatic nitrogens is 5. The molecular weight excluding hydrogens is 681 g/mol. The number of halogens is 3. The quantitative estimate of drug-likeness (QED) is 0.271. The Morgan fingerprint density at radius 1 is 1.04 bits per heavy atom. The average molecular weight is 719 g/mol. The number of alkyl carbamates (subject to hydrolysis) is 1. The molecule has 1 aliphatic carbocycles. The molecule has 3 aliphatic rings. The number of ketones is 1. The van der Waals surface area contributed by atoms with Crippen molar-refractivity contribution in [3.8, 4) is 11.1 Å². The number of nitrogens with one attached hydrogen (secondary N) is 2. The van der Waals surface area contributed by atoms with Crippen molar-refractivity contribution in [3.05, 3.63) is 65.0 Å². The van der Waals surface area contributed by atoms with Gasteiger partial charge in [-0.25, -0.2) is 19.7 Å². The zero-order valence-corrected chi connectivity index (χ0v) is 28.8.